The molecule has 1 spiro atoms. The van der Waals surface area contributed by atoms with Crippen molar-refractivity contribution >= 4 is 21.9 Å². The van der Waals surface area contributed by atoms with Crippen LogP contribution in [0, 0.1) is 11.2 Å². The Morgan fingerprint density at radius 1 is 1.20 bits per heavy atom. The molecule has 2 aromatic rings. The van der Waals surface area contributed by atoms with E-state index in [1.54, 1.807) is 11.1 Å². The first kappa shape index (κ1) is 33.5. The van der Waals surface area contributed by atoms with Crippen LogP contribution in [0.25, 0.3) is 0 Å². The Balaban J connectivity index is 1.15. The molecule has 5 rings (SSSR count). The Labute approximate surface area is 266 Å². The highest BCUT2D eigenvalue weighted by Gasteiger charge is 2.46. The van der Waals surface area contributed by atoms with Crippen LogP contribution in [-0.4, -0.2) is 117 Å². The summed E-state index contributed by atoms with van der Waals surface area (Å²) >= 11 is 0. The average Bonchev–Trinajstić information content (AvgIpc) is 2.98. The second-order valence-electron chi connectivity index (χ2n) is 12.9. The number of aromatic nitrogens is 2. The van der Waals surface area contributed by atoms with Crippen molar-refractivity contribution in [3.05, 3.63) is 42.1 Å². The molecule has 3 aliphatic heterocycles. The fourth-order valence-corrected chi connectivity index (χ4v) is 7.30. The predicted octanol–water partition coefficient (Wildman–Crippen LogP) is 3.12. The van der Waals surface area contributed by atoms with Gasteiger partial charge in [0, 0.05) is 57.8 Å². The molecule has 2 atom stereocenters. The number of nitrogens with one attached hydrogen (secondary N) is 1. The number of likely N-dealkylation sites (tertiary alicyclic amines) is 1. The Morgan fingerprint density at radius 3 is 2.56 bits per heavy atom. The molecule has 45 heavy (non-hydrogen) atoms. The van der Waals surface area contributed by atoms with Gasteiger partial charge >= 0.3 is 0 Å². The maximum absolute atomic E-state index is 14.2. The van der Waals surface area contributed by atoms with Crippen LogP contribution in [0.4, 0.5) is 10.2 Å². The van der Waals surface area contributed by atoms with Gasteiger partial charge in [-0.05, 0) is 77.7 Å². The molecule has 0 bridgehead atoms. The summed E-state index contributed by atoms with van der Waals surface area (Å²) in [4.78, 5) is 28.3. The van der Waals surface area contributed by atoms with Crippen molar-refractivity contribution in [2.75, 3.05) is 64.9 Å². The molecule has 14 heteroatoms. The van der Waals surface area contributed by atoms with Gasteiger partial charge in [0.25, 0.3) is 16.1 Å². The van der Waals surface area contributed by atoms with E-state index in [0.29, 0.717) is 24.7 Å². The first-order chi connectivity index (χ1) is 21.4. The minimum Gasteiger partial charge on any atom is -0.451 e. The number of hydrogen-bond donors (Lipinski definition) is 1. The third-order valence-electron chi connectivity index (χ3n) is 9.17. The molecular formula is C31H46FN7O5S. The molecule has 1 aromatic carbocycles. The Morgan fingerprint density at radius 2 is 1.93 bits per heavy atom. The molecule has 4 heterocycles. The van der Waals surface area contributed by atoms with Gasteiger partial charge in [-0.2, -0.15) is 17.4 Å². The number of anilines is 1. The van der Waals surface area contributed by atoms with E-state index in [1.807, 2.05) is 20.8 Å². The number of rotatable bonds is 11. The number of piperidine rings is 1. The summed E-state index contributed by atoms with van der Waals surface area (Å²) in [6, 6.07) is 3.76. The van der Waals surface area contributed by atoms with Gasteiger partial charge in [0.2, 0.25) is 0 Å². The molecule has 3 aliphatic rings. The largest absolute Gasteiger partial charge is 0.451 e. The number of carbonyl (C=O) groups is 1. The predicted molar refractivity (Wildman–Crippen MR) is 169 cm³/mol. The van der Waals surface area contributed by atoms with Crippen LogP contribution in [0.2, 0.25) is 0 Å². The summed E-state index contributed by atoms with van der Waals surface area (Å²) in [5.74, 6) is 0.567. The number of carbonyl (C=O) groups excluding carboxylic acids is 1. The Kier molecular flexibility index (Phi) is 10.3. The normalized spacial score (nSPS) is 22.1. The quantitative estimate of drug-likeness (QED) is 0.392. The highest BCUT2D eigenvalue weighted by Crippen LogP contribution is 2.45. The topological polar surface area (TPSA) is 120 Å². The fraction of sp³-hybridized carbons (Fsp3) is 0.645. The van der Waals surface area contributed by atoms with Crippen LogP contribution < -0.4 is 14.4 Å². The molecule has 3 fully saturated rings. The number of amides is 1. The highest BCUT2D eigenvalue weighted by atomic mass is 32.2. The van der Waals surface area contributed by atoms with E-state index >= 15 is 0 Å². The summed E-state index contributed by atoms with van der Waals surface area (Å²) in [7, 11) is -0.436. The minimum atomic E-state index is -3.47. The summed E-state index contributed by atoms with van der Waals surface area (Å²) in [5.41, 5.74) is 0.359. The van der Waals surface area contributed by atoms with Crippen molar-refractivity contribution in [3.63, 3.8) is 0 Å². The minimum absolute atomic E-state index is 0.0445. The van der Waals surface area contributed by atoms with Gasteiger partial charge < -0.3 is 24.2 Å². The van der Waals surface area contributed by atoms with E-state index < -0.39 is 16.0 Å². The molecule has 0 aliphatic carbocycles. The molecule has 0 unspecified atom stereocenters. The zero-order valence-electron chi connectivity index (χ0n) is 26.9. The van der Waals surface area contributed by atoms with E-state index in [1.165, 1.54) is 42.9 Å². The van der Waals surface area contributed by atoms with Gasteiger partial charge in [-0.25, -0.2) is 14.4 Å². The van der Waals surface area contributed by atoms with Crippen molar-refractivity contribution in [3.8, 4) is 11.5 Å². The van der Waals surface area contributed by atoms with Gasteiger partial charge in [-0.1, -0.05) is 0 Å². The average molecular weight is 648 g/mol. The zero-order valence-corrected chi connectivity index (χ0v) is 27.7. The van der Waals surface area contributed by atoms with Crippen LogP contribution >= 0.6 is 0 Å². The van der Waals surface area contributed by atoms with Gasteiger partial charge in [-0.3, -0.25) is 4.79 Å². The van der Waals surface area contributed by atoms with E-state index in [4.69, 9.17) is 9.47 Å². The lowest BCUT2D eigenvalue weighted by molar-refractivity contribution is -0.0300. The number of hydrogen-bond acceptors (Lipinski definition) is 9. The van der Waals surface area contributed by atoms with Gasteiger partial charge in [0.1, 0.15) is 17.9 Å². The van der Waals surface area contributed by atoms with E-state index in [-0.39, 0.29) is 40.8 Å². The van der Waals surface area contributed by atoms with Gasteiger partial charge in [-0.15, -0.1) is 0 Å². The lowest BCUT2D eigenvalue weighted by atomic mass is 9.72. The molecule has 248 valence electrons. The summed E-state index contributed by atoms with van der Waals surface area (Å²) in [5, 5.41) is 0. The Hall–Kier alpha value is -2.91. The third kappa shape index (κ3) is 7.74. The van der Waals surface area contributed by atoms with Crippen LogP contribution in [0.5, 0.6) is 11.5 Å². The summed E-state index contributed by atoms with van der Waals surface area (Å²) < 4.78 is 54.6. The van der Waals surface area contributed by atoms with Crippen LogP contribution in [0.15, 0.2) is 30.7 Å². The molecule has 1 N–H and O–H groups in total. The second kappa shape index (κ2) is 13.8. The monoisotopic (exact) mass is 647 g/mol. The smallest absolute Gasteiger partial charge is 0.279 e. The molecule has 12 nitrogen and oxygen atoms in total. The number of halogens is 1. The summed E-state index contributed by atoms with van der Waals surface area (Å²) in [6.45, 7) is 11.1. The van der Waals surface area contributed by atoms with Crippen molar-refractivity contribution < 1.29 is 27.1 Å². The molecule has 0 saturated carbocycles. The van der Waals surface area contributed by atoms with Crippen LogP contribution in [0.1, 0.15) is 56.8 Å². The van der Waals surface area contributed by atoms with Crippen LogP contribution in [0.3, 0.4) is 0 Å². The molecular weight excluding hydrogens is 601 g/mol. The second-order valence-corrected chi connectivity index (χ2v) is 14.8. The zero-order chi connectivity index (χ0) is 32.4. The van der Waals surface area contributed by atoms with Crippen molar-refractivity contribution in [2.45, 2.75) is 64.6 Å². The lowest BCUT2D eigenvalue weighted by Crippen LogP contribution is -2.61. The molecule has 0 radical (unpaired) electrons. The SMILES string of the molecule is CCN(C(=O)c1cc(F)ccc1Oc1cncnc1N1CC2(CCN(C[C@@H]3CC[C@@H](NS(=O)(=O)N(C)C)CO3)CC2)C1)C(C)C. The third-order valence-corrected chi connectivity index (χ3v) is 10.8. The van der Waals surface area contributed by atoms with Crippen molar-refractivity contribution in [2.24, 2.45) is 5.41 Å². The number of ether oxygens (including phenoxy) is 2. The fourth-order valence-electron chi connectivity index (χ4n) is 6.48. The maximum Gasteiger partial charge on any atom is 0.279 e. The highest BCUT2D eigenvalue weighted by molar-refractivity contribution is 7.87. The Bertz CT molecular complexity index is 1440. The molecule has 1 aromatic heterocycles. The summed E-state index contributed by atoms with van der Waals surface area (Å²) in [6.07, 6.45) is 6.88. The van der Waals surface area contributed by atoms with Gasteiger partial charge in [0.15, 0.2) is 11.6 Å². The van der Waals surface area contributed by atoms with Crippen molar-refractivity contribution in [1.82, 2.24) is 28.8 Å². The first-order valence-electron chi connectivity index (χ1n) is 15.8. The first-order valence-corrected chi connectivity index (χ1v) is 17.2. The van der Waals surface area contributed by atoms with Gasteiger partial charge in [0.05, 0.1) is 24.5 Å². The van der Waals surface area contributed by atoms with E-state index in [9.17, 15) is 17.6 Å². The van der Waals surface area contributed by atoms with Crippen molar-refractivity contribution in [1.29, 1.82) is 0 Å². The van der Waals surface area contributed by atoms with E-state index in [2.05, 4.69) is 24.5 Å². The standard InChI is InChI=1S/C31H46FN7O5S/c1-6-39(22(2)3)30(40)26-15-23(32)7-10-27(26)44-28-16-33-21-34-29(28)38-19-31(20-38)11-13-37(14-12-31)17-25-9-8-24(18-43-25)35-45(41,42)36(4)5/h7,10,15-16,21-22,24-25,35H,6,8-9,11-14,17-20H2,1-5H3/t24-,25+/m1/s1. The maximum atomic E-state index is 14.2. The van der Waals surface area contributed by atoms with Crippen LogP contribution in [-0.2, 0) is 14.9 Å². The van der Waals surface area contributed by atoms with E-state index in [0.717, 1.165) is 58.4 Å². The molecule has 1 amide bonds. The number of nitrogens with zero attached hydrogens (tertiary/aromatic N) is 6. The lowest BCUT2D eigenvalue weighted by Gasteiger charge is -2.54. The molecule has 3 saturated heterocycles. The number of benzene rings is 1.